The van der Waals surface area contributed by atoms with Crippen LogP contribution in [0.2, 0.25) is 0 Å². The summed E-state index contributed by atoms with van der Waals surface area (Å²) in [6.07, 6.45) is 0. The number of hydrogen-bond acceptors (Lipinski definition) is 4. The van der Waals surface area contributed by atoms with Gasteiger partial charge in [0.15, 0.2) is 0 Å². The van der Waals surface area contributed by atoms with Crippen molar-refractivity contribution in [2.24, 2.45) is 0 Å². The van der Waals surface area contributed by atoms with Crippen LogP contribution >= 0.6 is 11.3 Å². The van der Waals surface area contributed by atoms with Crippen molar-refractivity contribution < 1.29 is 14.7 Å². The van der Waals surface area contributed by atoms with E-state index in [1.807, 2.05) is 0 Å². The molecule has 94 valence electrons. The number of nitrogens with one attached hydrogen (secondary N) is 2. The molecule has 6 nitrogen and oxygen atoms in total. The Morgan fingerprint density at radius 3 is 2.82 bits per heavy atom. The molecule has 0 unspecified atom stereocenters. The minimum atomic E-state index is -1.04. The number of likely N-dealkylation sites (N-methyl/N-ethyl adjacent to an activating group) is 2. The zero-order valence-corrected chi connectivity index (χ0v) is 10.5. The van der Waals surface area contributed by atoms with Crippen LogP contribution in [0.25, 0.3) is 0 Å². The van der Waals surface area contributed by atoms with Crippen molar-refractivity contribution in [2.45, 2.75) is 0 Å². The summed E-state index contributed by atoms with van der Waals surface area (Å²) in [5, 5.41) is 16.4. The molecule has 0 saturated heterocycles. The van der Waals surface area contributed by atoms with Crippen LogP contribution in [0.5, 0.6) is 0 Å². The lowest BCUT2D eigenvalue weighted by molar-refractivity contribution is 0.0698. The molecule has 0 aromatic carbocycles. The molecule has 0 aliphatic heterocycles. The molecule has 1 heterocycles. The molecule has 1 aromatic heterocycles. The van der Waals surface area contributed by atoms with Gasteiger partial charge in [0.1, 0.15) is 5.00 Å². The topological polar surface area (TPSA) is 81.7 Å². The van der Waals surface area contributed by atoms with Crippen molar-refractivity contribution in [3.05, 3.63) is 17.0 Å². The van der Waals surface area contributed by atoms with Crippen molar-refractivity contribution in [1.29, 1.82) is 0 Å². The number of thiophene rings is 1. The minimum absolute atomic E-state index is 0.116. The van der Waals surface area contributed by atoms with Crippen LogP contribution in [-0.4, -0.2) is 49.2 Å². The fourth-order valence-electron chi connectivity index (χ4n) is 1.15. The Kier molecular flexibility index (Phi) is 4.92. The summed E-state index contributed by atoms with van der Waals surface area (Å²) in [5.74, 6) is -1.04. The first kappa shape index (κ1) is 13.5. The zero-order valence-electron chi connectivity index (χ0n) is 9.69. The van der Waals surface area contributed by atoms with E-state index in [2.05, 4.69) is 10.6 Å². The molecule has 17 heavy (non-hydrogen) atoms. The summed E-state index contributed by atoms with van der Waals surface area (Å²) in [7, 11) is 3.45. The smallest absolute Gasteiger partial charge is 0.338 e. The van der Waals surface area contributed by atoms with Crippen LogP contribution in [0.3, 0.4) is 0 Å². The summed E-state index contributed by atoms with van der Waals surface area (Å²) in [6, 6.07) is 1.15. The number of hydrogen-bond donors (Lipinski definition) is 3. The Balaban J connectivity index is 2.61. The molecule has 0 atom stereocenters. The molecule has 0 fully saturated rings. The van der Waals surface area contributed by atoms with Gasteiger partial charge in [-0.2, -0.15) is 0 Å². The van der Waals surface area contributed by atoms with Crippen molar-refractivity contribution in [2.75, 3.05) is 32.5 Å². The SMILES string of the molecule is CNCCN(C)C(=O)Nc1sccc1C(=O)O. The lowest BCUT2D eigenvalue weighted by Gasteiger charge is -2.17. The maximum absolute atomic E-state index is 11.7. The molecule has 7 heteroatoms. The Labute approximate surface area is 103 Å². The number of nitrogens with zero attached hydrogens (tertiary/aromatic N) is 1. The van der Waals surface area contributed by atoms with Gasteiger partial charge in [0.2, 0.25) is 0 Å². The molecule has 0 radical (unpaired) electrons. The zero-order chi connectivity index (χ0) is 12.8. The predicted octanol–water partition coefficient (Wildman–Crippen LogP) is 1.13. The predicted molar refractivity (Wildman–Crippen MR) is 66.9 cm³/mol. The number of rotatable bonds is 5. The molecule has 3 N–H and O–H groups in total. The first-order valence-corrected chi connectivity index (χ1v) is 5.91. The highest BCUT2D eigenvalue weighted by atomic mass is 32.1. The number of carbonyl (C=O) groups is 2. The van der Waals surface area contributed by atoms with E-state index in [9.17, 15) is 9.59 Å². The van der Waals surface area contributed by atoms with Gasteiger partial charge in [-0.05, 0) is 18.5 Å². The van der Waals surface area contributed by atoms with E-state index in [1.165, 1.54) is 22.3 Å². The second kappa shape index (κ2) is 6.21. The molecule has 0 bridgehead atoms. The van der Waals surface area contributed by atoms with E-state index < -0.39 is 5.97 Å². The number of carbonyl (C=O) groups excluding carboxylic acids is 1. The van der Waals surface area contributed by atoms with E-state index in [0.29, 0.717) is 18.1 Å². The maximum Gasteiger partial charge on any atom is 0.338 e. The number of carboxylic acid groups (broad SMARTS) is 1. The molecule has 0 aliphatic carbocycles. The standard InChI is InChI=1S/C10H15N3O3S/c1-11-4-5-13(2)10(16)12-8-7(9(14)15)3-6-17-8/h3,6,11H,4-5H2,1-2H3,(H,12,16)(H,14,15). The van der Waals surface area contributed by atoms with Gasteiger partial charge in [-0.1, -0.05) is 0 Å². The number of amides is 2. The third-order valence-corrected chi connectivity index (χ3v) is 2.99. The normalized spacial score (nSPS) is 10.0. The lowest BCUT2D eigenvalue weighted by Crippen LogP contribution is -2.36. The van der Waals surface area contributed by atoms with Crippen LogP contribution in [0.1, 0.15) is 10.4 Å². The van der Waals surface area contributed by atoms with Gasteiger partial charge in [0, 0.05) is 20.1 Å². The van der Waals surface area contributed by atoms with Crippen LogP contribution in [0.15, 0.2) is 11.4 Å². The number of carboxylic acids is 1. The van der Waals surface area contributed by atoms with Gasteiger partial charge in [0.25, 0.3) is 0 Å². The largest absolute Gasteiger partial charge is 0.478 e. The molecule has 0 aliphatic rings. The molecular weight excluding hydrogens is 242 g/mol. The monoisotopic (exact) mass is 257 g/mol. The molecule has 2 amide bonds. The molecule has 1 rings (SSSR count). The second-order valence-corrected chi connectivity index (χ2v) is 4.34. The number of urea groups is 1. The Morgan fingerprint density at radius 1 is 1.53 bits per heavy atom. The molecule has 0 spiro atoms. The van der Waals surface area contributed by atoms with Gasteiger partial charge in [-0.25, -0.2) is 9.59 Å². The first-order valence-electron chi connectivity index (χ1n) is 5.03. The molecule has 1 aromatic rings. The number of anilines is 1. The first-order chi connectivity index (χ1) is 8.06. The minimum Gasteiger partial charge on any atom is -0.478 e. The summed E-state index contributed by atoms with van der Waals surface area (Å²) >= 11 is 1.19. The highest BCUT2D eigenvalue weighted by molar-refractivity contribution is 7.14. The van der Waals surface area contributed by atoms with Gasteiger partial charge in [-0.3, -0.25) is 5.32 Å². The average Bonchev–Trinajstić information content (AvgIpc) is 2.73. The summed E-state index contributed by atoms with van der Waals surface area (Å²) in [6.45, 7) is 1.23. The summed E-state index contributed by atoms with van der Waals surface area (Å²) in [5.41, 5.74) is 0.116. The summed E-state index contributed by atoms with van der Waals surface area (Å²) in [4.78, 5) is 24.0. The van der Waals surface area contributed by atoms with Crippen molar-refractivity contribution in [3.8, 4) is 0 Å². The Bertz CT molecular complexity index is 405. The van der Waals surface area contributed by atoms with Crippen molar-refractivity contribution in [1.82, 2.24) is 10.2 Å². The molecule has 0 saturated carbocycles. The highest BCUT2D eigenvalue weighted by Gasteiger charge is 2.15. The van der Waals surface area contributed by atoms with Crippen LogP contribution in [-0.2, 0) is 0 Å². The van der Waals surface area contributed by atoms with E-state index in [1.54, 1.807) is 19.5 Å². The van der Waals surface area contributed by atoms with Gasteiger partial charge >= 0.3 is 12.0 Å². The average molecular weight is 257 g/mol. The second-order valence-electron chi connectivity index (χ2n) is 3.42. The van der Waals surface area contributed by atoms with E-state index in [-0.39, 0.29) is 11.6 Å². The summed E-state index contributed by atoms with van der Waals surface area (Å²) < 4.78 is 0. The Morgan fingerprint density at radius 2 is 2.24 bits per heavy atom. The van der Waals surface area contributed by atoms with Crippen LogP contribution in [0.4, 0.5) is 9.80 Å². The van der Waals surface area contributed by atoms with Crippen LogP contribution < -0.4 is 10.6 Å². The van der Waals surface area contributed by atoms with Crippen molar-refractivity contribution in [3.63, 3.8) is 0 Å². The van der Waals surface area contributed by atoms with Gasteiger partial charge in [-0.15, -0.1) is 11.3 Å². The fourth-order valence-corrected chi connectivity index (χ4v) is 1.92. The third kappa shape index (κ3) is 3.72. The fraction of sp³-hybridized carbons (Fsp3) is 0.400. The quantitative estimate of drug-likeness (QED) is 0.738. The van der Waals surface area contributed by atoms with E-state index in [0.717, 1.165) is 0 Å². The maximum atomic E-state index is 11.7. The third-order valence-electron chi connectivity index (χ3n) is 2.16. The van der Waals surface area contributed by atoms with E-state index in [4.69, 9.17) is 5.11 Å². The van der Waals surface area contributed by atoms with Gasteiger partial charge < -0.3 is 15.3 Å². The van der Waals surface area contributed by atoms with Crippen LogP contribution in [0, 0.1) is 0 Å². The Hall–Kier alpha value is -1.60. The number of aromatic carboxylic acids is 1. The van der Waals surface area contributed by atoms with Crippen molar-refractivity contribution >= 4 is 28.3 Å². The highest BCUT2D eigenvalue weighted by Crippen LogP contribution is 2.23. The lowest BCUT2D eigenvalue weighted by atomic mass is 10.3. The molecular formula is C10H15N3O3S. The van der Waals surface area contributed by atoms with Gasteiger partial charge in [0.05, 0.1) is 5.56 Å². The van der Waals surface area contributed by atoms with E-state index >= 15 is 0 Å².